The SMILES string of the molecule is CC(C)(C)C1CNC2(CCSC2)OC1. The predicted molar refractivity (Wildman–Crippen MR) is 61.6 cm³/mol. The molecule has 2 atom stereocenters. The first kappa shape index (κ1) is 10.8. The Morgan fingerprint density at radius 2 is 2.21 bits per heavy atom. The van der Waals surface area contributed by atoms with Crippen LogP contribution in [0.25, 0.3) is 0 Å². The summed E-state index contributed by atoms with van der Waals surface area (Å²) in [6.07, 6.45) is 1.18. The molecule has 2 unspecified atom stereocenters. The van der Waals surface area contributed by atoms with Crippen molar-refractivity contribution in [1.29, 1.82) is 0 Å². The summed E-state index contributed by atoms with van der Waals surface area (Å²) in [6.45, 7) is 8.93. The Balaban J connectivity index is 1.92. The molecule has 1 spiro atoms. The molecule has 0 bridgehead atoms. The van der Waals surface area contributed by atoms with Crippen LogP contribution < -0.4 is 5.32 Å². The molecule has 0 radical (unpaired) electrons. The Morgan fingerprint density at radius 1 is 1.43 bits per heavy atom. The van der Waals surface area contributed by atoms with Crippen LogP contribution in [0.3, 0.4) is 0 Å². The first-order valence-electron chi connectivity index (χ1n) is 5.49. The molecular formula is C11H21NOS. The van der Waals surface area contributed by atoms with E-state index in [1.165, 1.54) is 12.2 Å². The molecule has 0 aromatic rings. The van der Waals surface area contributed by atoms with E-state index in [0.717, 1.165) is 18.9 Å². The van der Waals surface area contributed by atoms with Gasteiger partial charge in [0.05, 0.1) is 6.61 Å². The van der Waals surface area contributed by atoms with Crippen molar-refractivity contribution in [2.45, 2.75) is 32.9 Å². The van der Waals surface area contributed by atoms with E-state index >= 15 is 0 Å². The molecule has 2 rings (SSSR count). The van der Waals surface area contributed by atoms with Gasteiger partial charge in [0.1, 0.15) is 5.72 Å². The van der Waals surface area contributed by atoms with Crippen LogP contribution in [0.2, 0.25) is 0 Å². The van der Waals surface area contributed by atoms with E-state index in [1.807, 2.05) is 11.8 Å². The molecule has 2 saturated heterocycles. The average Bonchev–Trinajstić information content (AvgIpc) is 2.53. The van der Waals surface area contributed by atoms with Gasteiger partial charge in [-0.1, -0.05) is 20.8 Å². The minimum atomic E-state index is 0.0341. The highest BCUT2D eigenvalue weighted by molar-refractivity contribution is 7.99. The van der Waals surface area contributed by atoms with Gasteiger partial charge in [-0.15, -0.1) is 0 Å². The molecule has 2 aliphatic rings. The Labute approximate surface area is 91.2 Å². The van der Waals surface area contributed by atoms with E-state index in [4.69, 9.17) is 4.74 Å². The monoisotopic (exact) mass is 215 g/mol. The van der Waals surface area contributed by atoms with Crippen molar-refractivity contribution in [2.75, 3.05) is 24.7 Å². The summed E-state index contributed by atoms with van der Waals surface area (Å²) in [5, 5.41) is 3.61. The second kappa shape index (κ2) is 3.69. The maximum absolute atomic E-state index is 6.03. The van der Waals surface area contributed by atoms with Crippen LogP contribution in [0.15, 0.2) is 0 Å². The normalized spacial score (nSPS) is 39.2. The number of nitrogens with one attached hydrogen (secondary N) is 1. The Hall–Kier alpha value is 0.270. The highest BCUT2D eigenvalue weighted by Gasteiger charge is 2.41. The molecule has 1 N–H and O–H groups in total. The van der Waals surface area contributed by atoms with Crippen molar-refractivity contribution in [3.63, 3.8) is 0 Å². The van der Waals surface area contributed by atoms with E-state index < -0.39 is 0 Å². The number of thioether (sulfide) groups is 1. The van der Waals surface area contributed by atoms with E-state index in [-0.39, 0.29) is 5.72 Å². The Kier molecular flexibility index (Phi) is 2.84. The summed E-state index contributed by atoms with van der Waals surface area (Å²) in [6, 6.07) is 0. The van der Waals surface area contributed by atoms with Crippen LogP contribution in [-0.2, 0) is 4.74 Å². The minimum absolute atomic E-state index is 0.0341. The van der Waals surface area contributed by atoms with Gasteiger partial charge in [0.15, 0.2) is 0 Å². The minimum Gasteiger partial charge on any atom is -0.359 e. The third-order valence-electron chi connectivity index (χ3n) is 3.44. The highest BCUT2D eigenvalue weighted by Crippen LogP contribution is 2.35. The van der Waals surface area contributed by atoms with Crippen LogP contribution >= 0.6 is 11.8 Å². The molecule has 2 fully saturated rings. The third kappa shape index (κ3) is 2.10. The van der Waals surface area contributed by atoms with Crippen LogP contribution in [-0.4, -0.2) is 30.4 Å². The molecule has 0 aromatic carbocycles. The van der Waals surface area contributed by atoms with Gasteiger partial charge in [0, 0.05) is 12.3 Å². The molecule has 0 aliphatic carbocycles. The lowest BCUT2D eigenvalue weighted by Gasteiger charge is -2.42. The largest absolute Gasteiger partial charge is 0.359 e. The number of rotatable bonds is 0. The summed E-state index contributed by atoms with van der Waals surface area (Å²) in [4.78, 5) is 0. The van der Waals surface area contributed by atoms with Gasteiger partial charge >= 0.3 is 0 Å². The Bertz CT molecular complexity index is 196. The van der Waals surface area contributed by atoms with Crippen LogP contribution in [0.1, 0.15) is 27.2 Å². The summed E-state index contributed by atoms with van der Waals surface area (Å²) >= 11 is 2.00. The zero-order chi connectivity index (χ0) is 10.2. The lowest BCUT2D eigenvalue weighted by Crippen LogP contribution is -2.57. The van der Waals surface area contributed by atoms with Gasteiger partial charge in [-0.2, -0.15) is 11.8 Å². The summed E-state index contributed by atoms with van der Waals surface area (Å²) < 4.78 is 6.03. The maximum atomic E-state index is 6.03. The summed E-state index contributed by atoms with van der Waals surface area (Å²) in [5.41, 5.74) is 0.396. The Morgan fingerprint density at radius 3 is 2.64 bits per heavy atom. The van der Waals surface area contributed by atoms with Crippen molar-refractivity contribution in [3.05, 3.63) is 0 Å². The van der Waals surface area contributed by atoms with Crippen molar-refractivity contribution < 1.29 is 4.74 Å². The third-order valence-corrected chi connectivity index (χ3v) is 4.60. The predicted octanol–water partition coefficient (Wildman–Crippen LogP) is 2.10. The van der Waals surface area contributed by atoms with Gasteiger partial charge in [-0.05, 0) is 23.5 Å². The van der Waals surface area contributed by atoms with Gasteiger partial charge in [0.25, 0.3) is 0 Å². The van der Waals surface area contributed by atoms with E-state index in [9.17, 15) is 0 Å². The fourth-order valence-corrected chi connectivity index (χ4v) is 3.31. The second-order valence-corrected chi connectivity index (χ2v) is 6.66. The van der Waals surface area contributed by atoms with Crippen LogP contribution in [0.4, 0.5) is 0 Å². The first-order valence-corrected chi connectivity index (χ1v) is 6.64. The molecule has 2 heterocycles. The number of hydrogen-bond acceptors (Lipinski definition) is 3. The molecule has 2 aliphatic heterocycles. The van der Waals surface area contributed by atoms with E-state index in [1.54, 1.807) is 0 Å². The average molecular weight is 215 g/mol. The van der Waals surface area contributed by atoms with Crippen molar-refractivity contribution >= 4 is 11.8 Å². The fourth-order valence-electron chi connectivity index (χ4n) is 2.03. The van der Waals surface area contributed by atoms with Crippen molar-refractivity contribution in [3.8, 4) is 0 Å². The van der Waals surface area contributed by atoms with Crippen LogP contribution in [0.5, 0.6) is 0 Å². The molecule has 2 nitrogen and oxygen atoms in total. The molecule has 14 heavy (non-hydrogen) atoms. The van der Waals surface area contributed by atoms with Crippen LogP contribution in [0, 0.1) is 11.3 Å². The molecule has 3 heteroatoms. The number of hydrogen-bond donors (Lipinski definition) is 1. The fraction of sp³-hybridized carbons (Fsp3) is 1.00. The zero-order valence-electron chi connectivity index (χ0n) is 9.43. The van der Waals surface area contributed by atoms with Crippen molar-refractivity contribution in [2.24, 2.45) is 11.3 Å². The smallest absolute Gasteiger partial charge is 0.129 e. The van der Waals surface area contributed by atoms with Gasteiger partial charge in [-0.3, -0.25) is 5.32 Å². The topological polar surface area (TPSA) is 21.3 Å². The van der Waals surface area contributed by atoms with Gasteiger partial charge in [0.2, 0.25) is 0 Å². The number of ether oxygens (including phenoxy) is 1. The molecule has 0 aromatic heterocycles. The first-order chi connectivity index (χ1) is 6.52. The quantitative estimate of drug-likeness (QED) is 0.668. The molecule has 0 saturated carbocycles. The molecule has 0 amide bonds. The summed E-state index contributed by atoms with van der Waals surface area (Å²) in [7, 11) is 0. The lowest BCUT2D eigenvalue weighted by molar-refractivity contribution is -0.116. The van der Waals surface area contributed by atoms with Crippen molar-refractivity contribution in [1.82, 2.24) is 5.32 Å². The lowest BCUT2D eigenvalue weighted by atomic mass is 9.80. The van der Waals surface area contributed by atoms with E-state index in [0.29, 0.717) is 11.3 Å². The highest BCUT2D eigenvalue weighted by atomic mass is 32.2. The second-order valence-electron chi connectivity index (χ2n) is 5.55. The standard InChI is InChI=1S/C11H21NOS/c1-10(2,3)9-6-12-11(13-7-9)4-5-14-8-11/h9,12H,4-8H2,1-3H3. The summed E-state index contributed by atoms with van der Waals surface area (Å²) in [5.74, 6) is 3.02. The maximum Gasteiger partial charge on any atom is 0.129 e. The molecule has 82 valence electrons. The zero-order valence-corrected chi connectivity index (χ0v) is 10.2. The van der Waals surface area contributed by atoms with Gasteiger partial charge in [-0.25, -0.2) is 0 Å². The molecular weight excluding hydrogens is 194 g/mol. The van der Waals surface area contributed by atoms with E-state index in [2.05, 4.69) is 26.1 Å². The van der Waals surface area contributed by atoms with Gasteiger partial charge < -0.3 is 4.74 Å².